The summed E-state index contributed by atoms with van der Waals surface area (Å²) in [5.74, 6) is 1.46. The lowest BCUT2D eigenvalue weighted by Crippen LogP contribution is -2.39. The molecule has 152 valence electrons. The van der Waals surface area contributed by atoms with Crippen molar-refractivity contribution in [3.63, 3.8) is 0 Å². The fourth-order valence-electron chi connectivity index (χ4n) is 3.90. The van der Waals surface area contributed by atoms with Gasteiger partial charge in [0, 0.05) is 44.1 Å². The number of morpholine rings is 1. The highest BCUT2D eigenvalue weighted by atomic mass is 32.2. The Labute approximate surface area is 168 Å². The zero-order valence-corrected chi connectivity index (χ0v) is 17.8. The quantitative estimate of drug-likeness (QED) is 0.578. The van der Waals surface area contributed by atoms with Crippen LogP contribution in [0.1, 0.15) is 46.5 Å². The summed E-state index contributed by atoms with van der Waals surface area (Å²) < 4.78 is 23.7. The topological polar surface area (TPSA) is 43.0 Å². The van der Waals surface area contributed by atoms with E-state index in [0.717, 1.165) is 37.4 Å². The predicted molar refractivity (Wildman–Crippen MR) is 112 cm³/mol. The number of rotatable bonds is 10. The van der Waals surface area contributed by atoms with E-state index in [4.69, 9.17) is 14.2 Å². The van der Waals surface area contributed by atoms with Gasteiger partial charge >= 0.3 is 0 Å². The van der Waals surface area contributed by atoms with Crippen LogP contribution in [0.5, 0.6) is 5.75 Å². The van der Waals surface area contributed by atoms with E-state index in [1.54, 1.807) is 19.2 Å². The summed E-state index contributed by atoms with van der Waals surface area (Å²) >= 11 is 1.67. The van der Waals surface area contributed by atoms with Crippen LogP contribution in [0.2, 0.25) is 0 Å². The van der Waals surface area contributed by atoms with E-state index in [1.807, 2.05) is 12.1 Å². The maximum Gasteiger partial charge on any atom is 0.125 e. The Balaban J connectivity index is 1.57. The number of nitrogens with zero attached hydrogens (tertiary/aromatic N) is 1. The maximum atomic E-state index is 6.34. The van der Waals surface area contributed by atoms with Crippen LogP contribution in [0, 0.1) is 5.92 Å². The summed E-state index contributed by atoms with van der Waals surface area (Å²) in [6, 6.07) is 8.24. The SMILES string of the molecule is CCC(OC)C(CC(C)C)Oc1cccc(NSN2CC3CCC(C2)O3)c1. The molecule has 0 aromatic heterocycles. The summed E-state index contributed by atoms with van der Waals surface area (Å²) in [7, 11) is 1.77. The molecular weight excluding hydrogens is 360 g/mol. The highest BCUT2D eigenvalue weighted by molar-refractivity contribution is 7.98. The molecule has 0 aliphatic carbocycles. The third-order valence-corrected chi connectivity index (χ3v) is 6.13. The molecule has 0 spiro atoms. The lowest BCUT2D eigenvalue weighted by atomic mass is 10.00. The number of hydrogen-bond acceptors (Lipinski definition) is 6. The largest absolute Gasteiger partial charge is 0.488 e. The van der Waals surface area contributed by atoms with E-state index in [2.05, 4.69) is 41.9 Å². The minimum Gasteiger partial charge on any atom is -0.488 e. The van der Waals surface area contributed by atoms with Crippen LogP contribution >= 0.6 is 12.1 Å². The molecule has 2 aliphatic rings. The first-order chi connectivity index (χ1) is 13.1. The first kappa shape index (κ1) is 20.8. The van der Waals surface area contributed by atoms with Crippen LogP contribution in [-0.4, -0.2) is 48.9 Å². The molecule has 2 bridgehead atoms. The fraction of sp³-hybridized carbons (Fsp3) is 0.714. The molecule has 1 N–H and O–H groups in total. The van der Waals surface area contributed by atoms with Crippen molar-refractivity contribution in [3.8, 4) is 5.75 Å². The summed E-state index contributed by atoms with van der Waals surface area (Å²) in [6.07, 6.45) is 5.31. The van der Waals surface area contributed by atoms with Gasteiger partial charge in [-0.05, 0) is 43.7 Å². The third kappa shape index (κ3) is 6.01. The minimum absolute atomic E-state index is 0.0674. The molecule has 27 heavy (non-hydrogen) atoms. The van der Waals surface area contributed by atoms with Crippen LogP contribution < -0.4 is 9.46 Å². The standard InChI is InChI=1S/C21H34N2O3S/c1-5-20(24-4)21(11-15(2)3)26-17-8-6-7-16(12-17)22-27-23-13-18-9-10-19(14-23)25-18/h6-8,12,15,18-22H,5,9-11,13-14H2,1-4H3. The Hall–Kier alpha value is -0.950. The van der Waals surface area contributed by atoms with Crippen molar-refractivity contribution in [2.75, 3.05) is 24.9 Å². The molecule has 0 radical (unpaired) electrons. The summed E-state index contributed by atoms with van der Waals surface area (Å²) in [5.41, 5.74) is 1.06. The van der Waals surface area contributed by atoms with Gasteiger partial charge in [0.15, 0.2) is 0 Å². The first-order valence-corrected chi connectivity index (χ1v) is 11.0. The van der Waals surface area contributed by atoms with Crippen LogP contribution in [0.4, 0.5) is 5.69 Å². The van der Waals surface area contributed by atoms with Gasteiger partial charge < -0.3 is 18.9 Å². The second kappa shape index (κ2) is 10.0. The Kier molecular flexibility index (Phi) is 7.70. The van der Waals surface area contributed by atoms with Gasteiger partial charge in [-0.2, -0.15) is 0 Å². The van der Waals surface area contributed by atoms with Crippen molar-refractivity contribution in [2.45, 2.75) is 70.9 Å². The molecule has 5 nitrogen and oxygen atoms in total. The zero-order valence-electron chi connectivity index (χ0n) is 17.0. The van der Waals surface area contributed by atoms with Gasteiger partial charge in [-0.3, -0.25) is 0 Å². The van der Waals surface area contributed by atoms with E-state index in [9.17, 15) is 0 Å². The number of ether oxygens (including phenoxy) is 3. The van der Waals surface area contributed by atoms with E-state index in [1.165, 1.54) is 12.8 Å². The van der Waals surface area contributed by atoms with Gasteiger partial charge in [-0.1, -0.05) is 26.8 Å². The van der Waals surface area contributed by atoms with Crippen LogP contribution in [-0.2, 0) is 9.47 Å². The maximum absolute atomic E-state index is 6.34. The van der Waals surface area contributed by atoms with Crippen LogP contribution in [0.25, 0.3) is 0 Å². The van der Waals surface area contributed by atoms with Gasteiger partial charge in [0.2, 0.25) is 0 Å². The minimum atomic E-state index is 0.0674. The van der Waals surface area contributed by atoms with Gasteiger partial charge in [0.1, 0.15) is 11.9 Å². The Morgan fingerprint density at radius 1 is 1.22 bits per heavy atom. The van der Waals surface area contributed by atoms with Crippen LogP contribution in [0.15, 0.2) is 24.3 Å². The van der Waals surface area contributed by atoms with Gasteiger partial charge in [-0.15, -0.1) is 0 Å². The van der Waals surface area contributed by atoms with E-state index in [-0.39, 0.29) is 12.2 Å². The smallest absolute Gasteiger partial charge is 0.125 e. The Morgan fingerprint density at radius 3 is 2.59 bits per heavy atom. The average Bonchev–Trinajstić information content (AvgIpc) is 2.99. The lowest BCUT2D eigenvalue weighted by Gasteiger charge is -2.31. The number of anilines is 1. The number of fused-ring (bicyclic) bond motifs is 2. The number of nitrogens with one attached hydrogen (secondary N) is 1. The molecule has 2 fully saturated rings. The first-order valence-electron chi connectivity index (χ1n) is 10.2. The second-order valence-electron chi connectivity index (χ2n) is 7.99. The Morgan fingerprint density at radius 2 is 1.96 bits per heavy atom. The highest BCUT2D eigenvalue weighted by Gasteiger charge is 2.34. The van der Waals surface area contributed by atoms with Gasteiger partial charge in [-0.25, -0.2) is 4.31 Å². The number of benzene rings is 1. The summed E-state index contributed by atoms with van der Waals surface area (Å²) in [6.45, 7) is 8.58. The molecule has 4 atom stereocenters. The highest BCUT2D eigenvalue weighted by Crippen LogP contribution is 2.31. The molecule has 3 rings (SSSR count). The molecule has 2 heterocycles. The van der Waals surface area contributed by atoms with Crippen molar-refractivity contribution in [3.05, 3.63) is 24.3 Å². The number of hydrogen-bond donors (Lipinski definition) is 1. The van der Waals surface area contributed by atoms with Crippen molar-refractivity contribution < 1.29 is 14.2 Å². The average molecular weight is 395 g/mol. The molecular formula is C21H34N2O3S. The molecule has 1 aromatic carbocycles. The molecule has 4 unspecified atom stereocenters. The van der Waals surface area contributed by atoms with Crippen LogP contribution in [0.3, 0.4) is 0 Å². The third-order valence-electron chi connectivity index (χ3n) is 5.25. The fourth-order valence-corrected chi connectivity index (χ4v) is 4.74. The predicted octanol–water partition coefficient (Wildman–Crippen LogP) is 4.74. The van der Waals surface area contributed by atoms with Crippen molar-refractivity contribution in [1.82, 2.24) is 4.31 Å². The lowest BCUT2D eigenvalue weighted by molar-refractivity contribution is -0.00901. The molecule has 1 aromatic rings. The van der Waals surface area contributed by atoms with Crippen molar-refractivity contribution in [1.29, 1.82) is 0 Å². The molecule has 0 amide bonds. The van der Waals surface area contributed by atoms with Crippen molar-refractivity contribution >= 4 is 17.8 Å². The van der Waals surface area contributed by atoms with Gasteiger partial charge in [0.05, 0.1) is 18.3 Å². The van der Waals surface area contributed by atoms with E-state index >= 15 is 0 Å². The molecule has 2 aliphatic heterocycles. The zero-order chi connectivity index (χ0) is 19.2. The molecule has 6 heteroatoms. The Bertz CT molecular complexity index is 570. The molecule has 0 saturated carbocycles. The summed E-state index contributed by atoms with van der Waals surface area (Å²) in [4.78, 5) is 0. The summed E-state index contributed by atoms with van der Waals surface area (Å²) in [5, 5.41) is 0. The molecule has 2 saturated heterocycles. The second-order valence-corrected chi connectivity index (χ2v) is 8.90. The number of methoxy groups -OCH3 is 1. The van der Waals surface area contributed by atoms with Crippen molar-refractivity contribution in [2.24, 2.45) is 5.92 Å². The monoisotopic (exact) mass is 394 g/mol. The normalized spacial score (nSPS) is 24.8. The van der Waals surface area contributed by atoms with E-state index in [0.29, 0.717) is 18.1 Å². The van der Waals surface area contributed by atoms with E-state index < -0.39 is 0 Å². The van der Waals surface area contributed by atoms with Gasteiger partial charge in [0.25, 0.3) is 0 Å².